The average molecular weight is 279 g/mol. The van der Waals surface area contributed by atoms with Gasteiger partial charge >= 0.3 is 0 Å². The Morgan fingerprint density at radius 3 is 2.60 bits per heavy atom. The van der Waals surface area contributed by atoms with E-state index in [-0.39, 0.29) is 18.1 Å². The number of carbonyl (C=O) groups excluding carboxylic acids is 1. The minimum atomic E-state index is -0.246. The molecule has 2 fully saturated rings. The van der Waals surface area contributed by atoms with Crippen molar-refractivity contribution >= 4 is 5.91 Å². The Labute approximate surface area is 121 Å². The van der Waals surface area contributed by atoms with Crippen LogP contribution in [0.1, 0.15) is 33.1 Å². The summed E-state index contributed by atoms with van der Waals surface area (Å²) in [4.78, 5) is 16.5. The SMILES string of the molecule is CCCC(C#N)N1CCN(C(=O)C2OCCC2C)CC1. The molecular weight excluding hydrogens is 254 g/mol. The summed E-state index contributed by atoms with van der Waals surface area (Å²) in [6.45, 7) is 7.91. The lowest BCUT2D eigenvalue weighted by Crippen LogP contribution is -2.54. The second-order valence-corrected chi connectivity index (χ2v) is 5.85. The molecule has 0 aromatic rings. The molecule has 3 atom stereocenters. The van der Waals surface area contributed by atoms with Gasteiger partial charge in [-0.2, -0.15) is 5.26 Å². The fourth-order valence-corrected chi connectivity index (χ4v) is 3.05. The lowest BCUT2D eigenvalue weighted by atomic mass is 10.0. The number of piperazine rings is 1. The van der Waals surface area contributed by atoms with Gasteiger partial charge in [0.1, 0.15) is 6.10 Å². The summed E-state index contributed by atoms with van der Waals surface area (Å²) in [6.07, 6.45) is 2.66. The smallest absolute Gasteiger partial charge is 0.252 e. The van der Waals surface area contributed by atoms with Crippen LogP contribution in [-0.4, -0.2) is 60.6 Å². The first kappa shape index (κ1) is 15.3. The van der Waals surface area contributed by atoms with Gasteiger partial charge in [-0.15, -0.1) is 0 Å². The highest BCUT2D eigenvalue weighted by Gasteiger charge is 2.35. The highest BCUT2D eigenvalue weighted by molar-refractivity contribution is 5.81. The van der Waals surface area contributed by atoms with Crippen LogP contribution in [0.15, 0.2) is 0 Å². The van der Waals surface area contributed by atoms with Crippen LogP contribution in [0.25, 0.3) is 0 Å². The first-order valence-corrected chi connectivity index (χ1v) is 7.71. The summed E-state index contributed by atoms with van der Waals surface area (Å²) in [5.41, 5.74) is 0. The number of nitriles is 1. The van der Waals surface area contributed by atoms with Crippen molar-refractivity contribution in [2.45, 2.75) is 45.3 Å². The molecule has 0 N–H and O–H groups in total. The first-order valence-electron chi connectivity index (χ1n) is 7.71. The molecule has 2 heterocycles. The molecule has 1 amide bonds. The molecule has 2 aliphatic rings. The Morgan fingerprint density at radius 2 is 2.10 bits per heavy atom. The van der Waals surface area contributed by atoms with E-state index in [4.69, 9.17) is 4.74 Å². The van der Waals surface area contributed by atoms with Gasteiger partial charge in [0.15, 0.2) is 0 Å². The number of ether oxygens (including phenoxy) is 1. The average Bonchev–Trinajstić information content (AvgIpc) is 2.90. The van der Waals surface area contributed by atoms with Crippen LogP contribution in [0.4, 0.5) is 0 Å². The van der Waals surface area contributed by atoms with Crippen LogP contribution in [0.2, 0.25) is 0 Å². The van der Waals surface area contributed by atoms with Gasteiger partial charge in [0.2, 0.25) is 0 Å². The van der Waals surface area contributed by atoms with E-state index in [9.17, 15) is 10.1 Å². The molecule has 2 aliphatic heterocycles. The Hall–Kier alpha value is -1.12. The Balaban J connectivity index is 1.85. The van der Waals surface area contributed by atoms with E-state index >= 15 is 0 Å². The van der Waals surface area contributed by atoms with E-state index in [1.807, 2.05) is 4.90 Å². The molecular formula is C15H25N3O2. The monoisotopic (exact) mass is 279 g/mol. The van der Waals surface area contributed by atoms with Gasteiger partial charge in [-0.05, 0) is 18.8 Å². The van der Waals surface area contributed by atoms with Crippen molar-refractivity contribution in [1.82, 2.24) is 9.80 Å². The van der Waals surface area contributed by atoms with E-state index in [1.165, 1.54) is 0 Å². The van der Waals surface area contributed by atoms with Gasteiger partial charge in [-0.1, -0.05) is 20.3 Å². The second kappa shape index (κ2) is 7.05. The van der Waals surface area contributed by atoms with E-state index in [0.717, 1.165) is 32.4 Å². The maximum absolute atomic E-state index is 12.4. The topological polar surface area (TPSA) is 56.6 Å². The lowest BCUT2D eigenvalue weighted by molar-refractivity contribution is -0.144. The largest absolute Gasteiger partial charge is 0.368 e. The van der Waals surface area contributed by atoms with Crippen LogP contribution >= 0.6 is 0 Å². The zero-order valence-electron chi connectivity index (χ0n) is 12.5. The van der Waals surface area contributed by atoms with Gasteiger partial charge in [0, 0.05) is 32.8 Å². The third kappa shape index (κ3) is 3.31. The van der Waals surface area contributed by atoms with Crippen LogP contribution in [0.3, 0.4) is 0 Å². The number of hydrogen-bond acceptors (Lipinski definition) is 4. The third-order valence-electron chi connectivity index (χ3n) is 4.41. The number of hydrogen-bond donors (Lipinski definition) is 0. The fourth-order valence-electron chi connectivity index (χ4n) is 3.05. The van der Waals surface area contributed by atoms with Crippen molar-refractivity contribution in [2.75, 3.05) is 32.8 Å². The molecule has 112 valence electrons. The second-order valence-electron chi connectivity index (χ2n) is 5.85. The Morgan fingerprint density at radius 1 is 1.40 bits per heavy atom. The quantitative estimate of drug-likeness (QED) is 0.777. The van der Waals surface area contributed by atoms with Gasteiger partial charge < -0.3 is 9.64 Å². The van der Waals surface area contributed by atoms with Crippen LogP contribution < -0.4 is 0 Å². The molecule has 2 rings (SSSR count). The van der Waals surface area contributed by atoms with Gasteiger partial charge in [-0.3, -0.25) is 9.69 Å². The molecule has 0 saturated carbocycles. The summed E-state index contributed by atoms with van der Waals surface area (Å²) in [6, 6.07) is 2.38. The van der Waals surface area contributed by atoms with E-state index < -0.39 is 0 Å². The molecule has 0 aliphatic carbocycles. The molecule has 5 nitrogen and oxygen atoms in total. The maximum Gasteiger partial charge on any atom is 0.252 e. The molecule has 2 saturated heterocycles. The molecule has 0 spiro atoms. The van der Waals surface area contributed by atoms with Crippen molar-refractivity contribution in [3.8, 4) is 6.07 Å². The maximum atomic E-state index is 12.4. The first-order chi connectivity index (χ1) is 9.67. The van der Waals surface area contributed by atoms with E-state index in [1.54, 1.807) is 0 Å². The molecule has 3 unspecified atom stereocenters. The zero-order chi connectivity index (χ0) is 14.5. The minimum absolute atomic E-state index is 0.00101. The Kier molecular flexibility index (Phi) is 5.38. The van der Waals surface area contributed by atoms with E-state index in [2.05, 4.69) is 24.8 Å². The van der Waals surface area contributed by atoms with Crippen LogP contribution in [0, 0.1) is 17.2 Å². The summed E-state index contributed by atoms with van der Waals surface area (Å²) in [7, 11) is 0. The summed E-state index contributed by atoms with van der Waals surface area (Å²) >= 11 is 0. The summed E-state index contributed by atoms with van der Waals surface area (Å²) < 4.78 is 5.56. The number of carbonyl (C=O) groups is 1. The van der Waals surface area contributed by atoms with Crippen molar-refractivity contribution in [3.05, 3.63) is 0 Å². The van der Waals surface area contributed by atoms with Crippen molar-refractivity contribution in [2.24, 2.45) is 5.92 Å². The zero-order valence-corrected chi connectivity index (χ0v) is 12.5. The van der Waals surface area contributed by atoms with E-state index in [0.29, 0.717) is 25.6 Å². The lowest BCUT2D eigenvalue weighted by Gasteiger charge is -2.38. The normalized spacial score (nSPS) is 29.1. The van der Waals surface area contributed by atoms with Crippen LogP contribution in [-0.2, 0) is 9.53 Å². The summed E-state index contributed by atoms with van der Waals surface area (Å²) in [5.74, 6) is 0.464. The van der Waals surface area contributed by atoms with Crippen molar-refractivity contribution in [1.29, 1.82) is 5.26 Å². The van der Waals surface area contributed by atoms with Crippen molar-refractivity contribution < 1.29 is 9.53 Å². The molecule has 0 bridgehead atoms. The molecule has 5 heteroatoms. The number of rotatable bonds is 4. The van der Waals surface area contributed by atoms with Gasteiger partial charge in [0.05, 0.1) is 12.1 Å². The van der Waals surface area contributed by atoms with Crippen LogP contribution in [0.5, 0.6) is 0 Å². The van der Waals surface area contributed by atoms with Crippen molar-refractivity contribution in [3.63, 3.8) is 0 Å². The Bertz CT molecular complexity index is 372. The summed E-state index contributed by atoms with van der Waals surface area (Å²) in [5, 5.41) is 9.20. The number of amides is 1. The van der Waals surface area contributed by atoms with Gasteiger partial charge in [-0.25, -0.2) is 0 Å². The predicted octanol–water partition coefficient (Wildman–Crippen LogP) is 1.25. The molecule has 0 radical (unpaired) electrons. The minimum Gasteiger partial charge on any atom is -0.368 e. The molecule has 0 aromatic heterocycles. The third-order valence-corrected chi connectivity index (χ3v) is 4.41. The highest BCUT2D eigenvalue weighted by Crippen LogP contribution is 2.22. The predicted molar refractivity (Wildman–Crippen MR) is 76.0 cm³/mol. The highest BCUT2D eigenvalue weighted by atomic mass is 16.5. The van der Waals surface area contributed by atoms with Gasteiger partial charge in [0.25, 0.3) is 5.91 Å². The standard InChI is InChI=1S/C15H25N3O2/c1-3-4-13(11-16)17-6-8-18(9-7-17)15(19)14-12(2)5-10-20-14/h12-14H,3-10H2,1-2H3. The molecule has 0 aromatic carbocycles. The number of nitrogens with zero attached hydrogens (tertiary/aromatic N) is 3. The fraction of sp³-hybridized carbons (Fsp3) is 0.867. The molecule has 20 heavy (non-hydrogen) atoms.